The summed E-state index contributed by atoms with van der Waals surface area (Å²) >= 11 is 0. The lowest BCUT2D eigenvalue weighted by molar-refractivity contribution is -0.120. The van der Waals surface area contributed by atoms with Gasteiger partial charge in [0, 0.05) is 44.5 Å². The zero-order chi connectivity index (χ0) is 20.1. The van der Waals surface area contributed by atoms with E-state index < -0.39 is 0 Å². The standard InChI is InChI=1S/C23H28N4O2/c28-22(16-18-6-8-20(9-7-18)27-14-4-5-23(27)29)25-17-19-10-11-24-21(15-19)26-12-2-1-3-13-26/h6-11,15H,1-5,12-14,16-17H2,(H,25,28). The van der Waals surface area contributed by atoms with Crippen molar-refractivity contribution in [3.05, 3.63) is 53.7 Å². The number of carbonyl (C=O) groups is 2. The van der Waals surface area contributed by atoms with E-state index in [1.807, 2.05) is 41.4 Å². The van der Waals surface area contributed by atoms with Gasteiger partial charge in [0.1, 0.15) is 5.82 Å². The predicted octanol–water partition coefficient (Wildman–Crippen LogP) is 3.06. The molecule has 29 heavy (non-hydrogen) atoms. The highest BCUT2D eigenvalue weighted by molar-refractivity contribution is 5.95. The fraction of sp³-hybridized carbons (Fsp3) is 0.435. The number of piperidine rings is 1. The zero-order valence-electron chi connectivity index (χ0n) is 16.8. The van der Waals surface area contributed by atoms with Gasteiger partial charge in [-0.2, -0.15) is 0 Å². The van der Waals surface area contributed by atoms with E-state index in [2.05, 4.69) is 21.3 Å². The molecule has 4 rings (SSSR count). The first kappa shape index (κ1) is 19.4. The van der Waals surface area contributed by atoms with Crippen LogP contribution in [0.25, 0.3) is 0 Å². The largest absolute Gasteiger partial charge is 0.357 e. The Morgan fingerprint density at radius 1 is 0.966 bits per heavy atom. The molecule has 0 spiro atoms. The molecule has 1 N–H and O–H groups in total. The number of rotatable bonds is 6. The Kier molecular flexibility index (Phi) is 6.08. The van der Waals surface area contributed by atoms with Crippen LogP contribution < -0.4 is 15.1 Å². The first-order chi connectivity index (χ1) is 14.2. The van der Waals surface area contributed by atoms with Crippen molar-refractivity contribution in [2.24, 2.45) is 0 Å². The highest BCUT2D eigenvalue weighted by Gasteiger charge is 2.21. The van der Waals surface area contributed by atoms with Gasteiger partial charge in [0.25, 0.3) is 0 Å². The Morgan fingerprint density at radius 3 is 2.48 bits per heavy atom. The molecule has 0 unspecified atom stereocenters. The summed E-state index contributed by atoms with van der Waals surface area (Å²) in [6.45, 7) is 3.40. The number of amides is 2. The molecule has 2 amide bonds. The average molecular weight is 393 g/mol. The lowest BCUT2D eigenvalue weighted by Gasteiger charge is -2.27. The van der Waals surface area contributed by atoms with Crippen molar-refractivity contribution in [2.75, 3.05) is 29.4 Å². The molecule has 0 atom stereocenters. The third-order valence-electron chi connectivity index (χ3n) is 5.67. The van der Waals surface area contributed by atoms with Crippen molar-refractivity contribution in [3.63, 3.8) is 0 Å². The van der Waals surface area contributed by atoms with Gasteiger partial charge < -0.3 is 15.1 Å². The summed E-state index contributed by atoms with van der Waals surface area (Å²) < 4.78 is 0. The minimum atomic E-state index is -0.00802. The number of carbonyl (C=O) groups excluding carboxylic acids is 2. The van der Waals surface area contributed by atoms with Crippen LogP contribution in [-0.2, 0) is 22.6 Å². The van der Waals surface area contributed by atoms with E-state index >= 15 is 0 Å². The van der Waals surface area contributed by atoms with Crippen molar-refractivity contribution in [2.45, 2.75) is 45.1 Å². The van der Waals surface area contributed by atoms with Crippen LogP contribution in [0.4, 0.5) is 11.5 Å². The second kappa shape index (κ2) is 9.07. The first-order valence-corrected chi connectivity index (χ1v) is 10.5. The van der Waals surface area contributed by atoms with Crippen molar-refractivity contribution in [3.8, 4) is 0 Å². The molecule has 2 saturated heterocycles. The van der Waals surface area contributed by atoms with Crippen LogP contribution >= 0.6 is 0 Å². The summed E-state index contributed by atoms with van der Waals surface area (Å²) in [5.41, 5.74) is 2.93. The third-order valence-corrected chi connectivity index (χ3v) is 5.67. The van der Waals surface area contributed by atoms with Gasteiger partial charge in [-0.3, -0.25) is 9.59 Å². The Morgan fingerprint density at radius 2 is 1.76 bits per heavy atom. The fourth-order valence-corrected chi connectivity index (χ4v) is 4.03. The topological polar surface area (TPSA) is 65.5 Å². The maximum atomic E-state index is 12.4. The summed E-state index contributed by atoms with van der Waals surface area (Å²) in [7, 11) is 0. The van der Waals surface area contributed by atoms with Gasteiger partial charge in [-0.1, -0.05) is 12.1 Å². The third kappa shape index (κ3) is 4.94. The van der Waals surface area contributed by atoms with E-state index in [9.17, 15) is 9.59 Å². The molecule has 6 nitrogen and oxygen atoms in total. The maximum absolute atomic E-state index is 12.4. The van der Waals surface area contributed by atoms with Crippen molar-refractivity contribution in [1.29, 1.82) is 0 Å². The second-order valence-corrected chi connectivity index (χ2v) is 7.84. The number of hydrogen-bond acceptors (Lipinski definition) is 4. The number of hydrogen-bond donors (Lipinski definition) is 1. The van der Waals surface area contributed by atoms with E-state index in [0.717, 1.165) is 48.7 Å². The van der Waals surface area contributed by atoms with Crippen LogP contribution in [0.15, 0.2) is 42.6 Å². The van der Waals surface area contributed by atoms with Crippen LogP contribution in [-0.4, -0.2) is 36.4 Å². The molecule has 3 heterocycles. The van der Waals surface area contributed by atoms with Gasteiger partial charge in [0.15, 0.2) is 0 Å². The van der Waals surface area contributed by atoms with Crippen LogP contribution in [0.1, 0.15) is 43.2 Å². The fourth-order valence-electron chi connectivity index (χ4n) is 4.03. The highest BCUT2D eigenvalue weighted by Crippen LogP contribution is 2.22. The monoisotopic (exact) mass is 392 g/mol. The lowest BCUT2D eigenvalue weighted by Crippen LogP contribution is -2.30. The molecule has 2 aliphatic rings. The molecular weight excluding hydrogens is 364 g/mol. The molecule has 2 fully saturated rings. The van der Waals surface area contributed by atoms with Gasteiger partial charge in [-0.25, -0.2) is 4.98 Å². The van der Waals surface area contributed by atoms with E-state index in [4.69, 9.17) is 0 Å². The lowest BCUT2D eigenvalue weighted by atomic mass is 10.1. The Labute approximate surface area is 171 Å². The minimum absolute atomic E-state index is 0.00802. The molecule has 0 aliphatic carbocycles. The van der Waals surface area contributed by atoms with E-state index in [0.29, 0.717) is 19.4 Å². The number of anilines is 2. The molecule has 0 radical (unpaired) electrons. The number of benzene rings is 1. The summed E-state index contributed by atoms with van der Waals surface area (Å²) in [5.74, 6) is 1.17. The molecular formula is C23H28N4O2. The van der Waals surface area contributed by atoms with Crippen LogP contribution in [0, 0.1) is 0 Å². The zero-order valence-corrected chi connectivity index (χ0v) is 16.8. The van der Waals surface area contributed by atoms with Crippen LogP contribution in [0.3, 0.4) is 0 Å². The molecule has 1 aromatic carbocycles. The summed E-state index contributed by atoms with van der Waals surface area (Å²) in [4.78, 5) is 32.8. The van der Waals surface area contributed by atoms with Crippen molar-refractivity contribution < 1.29 is 9.59 Å². The van der Waals surface area contributed by atoms with Gasteiger partial charge in [0.2, 0.25) is 11.8 Å². The predicted molar refractivity (Wildman–Crippen MR) is 114 cm³/mol. The number of aromatic nitrogens is 1. The number of nitrogens with one attached hydrogen (secondary N) is 1. The SMILES string of the molecule is O=C(Cc1ccc(N2CCCC2=O)cc1)NCc1ccnc(N2CCCCC2)c1. The van der Waals surface area contributed by atoms with Gasteiger partial charge in [-0.15, -0.1) is 0 Å². The number of pyridine rings is 1. The summed E-state index contributed by atoms with van der Waals surface area (Å²) in [6, 6.07) is 11.8. The van der Waals surface area contributed by atoms with Crippen molar-refractivity contribution >= 4 is 23.3 Å². The molecule has 6 heteroatoms. The first-order valence-electron chi connectivity index (χ1n) is 10.5. The molecule has 2 aliphatic heterocycles. The molecule has 2 aromatic rings. The Balaban J connectivity index is 1.29. The van der Waals surface area contributed by atoms with Crippen LogP contribution in [0.2, 0.25) is 0 Å². The van der Waals surface area contributed by atoms with E-state index in [1.165, 1.54) is 19.3 Å². The smallest absolute Gasteiger partial charge is 0.227 e. The molecule has 0 bridgehead atoms. The quantitative estimate of drug-likeness (QED) is 0.821. The van der Waals surface area contributed by atoms with Gasteiger partial charge in [-0.05, 0) is 61.1 Å². The molecule has 0 saturated carbocycles. The highest BCUT2D eigenvalue weighted by atomic mass is 16.2. The van der Waals surface area contributed by atoms with Crippen molar-refractivity contribution in [1.82, 2.24) is 10.3 Å². The van der Waals surface area contributed by atoms with E-state index in [1.54, 1.807) is 0 Å². The molecule has 152 valence electrons. The minimum Gasteiger partial charge on any atom is -0.357 e. The molecule has 1 aromatic heterocycles. The average Bonchev–Trinajstić information content (AvgIpc) is 3.19. The normalized spacial score (nSPS) is 16.9. The summed E-state index contributed by atoms with van der Waals surface area (Å²) in [5, 5.41) is 3.00. The number of nitrogens with zero attached hydrogens (tertiary/aromatic N) is 3. The second-order valence-electron chi connectivity index (χ2n) is 7.84. The van der Waals surface area contributed by atoms with E-state index in [-0.39, 0.29) is 11.8 Å². The Hall–Kier alpha value is -2.89. The van der Waals surface area contributed by atoms with Crippen LogP contribution in [0.5, 0.6) is 0 Å². The Bertz CT molecular complexity index is 859. The maximum Gasteiger partial charge on any atom is 0.227 e. The van der Waals surface area contributed by atoms with Gasteiger partial charge >= 0.3 is 0 Å². The summed E-state index contributed by atoms with van der Waals surface area (Å²) in [6.07, 6.45) is 7.42. The van der Waals surface area contributed by atoms with Gasteiger partial charge in [0.05, 0.1) is 6.42 Å².